The molecule has 0 bridgehead atoms. The minimum atomic E-state index is -0.401. The lowest BCUT2D eigenvalue weighted by atomic mass is 9.96. The van der Waals surface area contributed by atoms with Gasteiger partial charge in [-0.2, -0.15) is 5.10 Å². The van der Waals surface area contributed by atoms with Crippen LogP contribution in [0.3, 0.4) is 0 Å². The topological polar surface area (TPSA) is 34.1 Å². The molecule has 0 spiro atoms. The number of hydrogen-bond donors (Lipinski definition) is 0. The lowest BCUT2D eigenvalue weighted by Gasteiger charge is -2.38. The van der Waals surface area contributed by atoms with E-state index in [1.807, 2.05) is 47.5 Å². The van der Waals surface area contributed by atoms with Crippen LogP contribution in [0.2, 0.25) is 5.02 Å². The van der Waals surface area contributed by atoms with Crippen LogP contribution in [0.5, 0.6) is 11.5 Å². The van der Waals surface area contributed by atoms with E-state index in [4.69, 9.17) is 26.2 Å². The second-order valence-corrected chi connectivity index (χ2v) is 7.52. The Hall–Kier alpha value is -3.05. The molecule has 3 aromatic carbocycles. The molecule has 4 nitrogen and oxygen atoms in total. The van der Waals surface area contributed by atoms with E-state index in [0.717, 1.165) is 33.9 Å². The molecule has 2 atom stereocenters. The van der Waals surface area contributed by atoms with Crippen LogP contribution in [0.4, 0.5) is 4.39 Å². The van der Waals surface area contributed by atoms with Crippen LogP contribution in [0.1, 0.15) is 35.4 Å². The molecule has 5 rings (SSSR count). The van der Waals surface area contributed by atoms with Gasteiger partial charge < -0.3 is 9.47 Å². The molecule has 0 aromatic heterocycles. The fraction of sp³-hybridized carbons (Fsp3) is 0.174. The van der Waals surface area contributed by atoms with Crippen molar-refractivity contribution in [3.8, 4) is 11.5 Å². The molecule has 3 aromatic rings. The van der Waals surface area contributed by atoms with Gasteiger partial charge in [-0.1, -0.05) is 35.9 Å². The van der Waals surface area contributed by atoms with Crippen molar-refractivity contribution in [3.05, 3.63) is 94.3 Å². The summed E-state index contributed by atoms with van der Waals surface area (Å²) in [4.78, 5) is 0. The van der Waals surface area contributed by atoms with Gasteiger partial charge in [0.05, 0.1) is 18.9 Å². The standard InChI is InChI=1S/C23H18ClFN2O2/c1-28-18-4-2-3-15(11-18)23-27-21(19-12-16(24)7-10-22(19)29-23)13-20(26-27)14-5-8-17(25)9-6-14/h2-12,21,23H,13H2,1H3. The number of benzene rings is 3. The lowest BCUT2D eigenvalue weighted by Crippen LogP contribution is -2.33. The zero-order valence-corrected chi connectivity index (χ0v) is 16.4. The summed E-state index contributed by atoms with van der Waals surface area (Å²) >= 11 is 6.26. The Bertz CT molecular complexity index is 1100. The molecule has 2 unspecified atom stereocenters. The van der Waals surface area contributed by atoms with Gasteiger partial charge in [0.2, 0.25) is 6.23 Å². The first-order valence-electron chi connectivity index (χ1n) is 9.34. The summed E-state index contributed by atoms with van der Waals surface area (Å²) < 4.78 is 25.1. The fourth-order valence-electron chi connectivity index (χ4n) is 3.89. The van der Waals surface area contributed by atoms with Crippen molar-refractivity contribution in [2.45, 2.75) is 18.7 Å². The largest absolute Gasteiger partial charge is 0.497 e. The highest BCUT2D eigenvalue weighted by molar-refractivity contribution is 6.30. The van der Waals surface area contributed by atoms with Crippen molar-refractivity contribution >= 4 is 17.3 Å². The average molecular weight is 409 g/mol. The Labute approximate surface area is 173 Å². The Balaban J connectivity index is 1.60. The summed E-state index contributed by atoms with van der Waals surface area (Å²) in [5, 5.41) is 7.49. The number of ether oxygens (including phenoxy) is 2. The van der Waals surface area contributed by atoms with Crippen LogP contribution in [-0.2, 0) is 0 Å². The SMILES string of the molecule is COc1cccc(C2Oc3ccc(Cl)cc3C3CC(c4ccc(F)cc4)=NN32)c1. The summed E-state index contributed by atoms with van der Waals surface area (Å²) in [5.74, 6) is 1.28. The molecule has 0 saturated carbocycles. The van der Waals surface area contributed by atoms with Crippen molar-refractivity contribution in [3.63, 3.8) is 0 Å². The van der Waals surface area contributed by atoms with Gasteiger partial charge >= 0.3 is 0 Å². The molecule has 0 fully saturated rings. The van der Waals surface area contributed by atoms with Crippen LogP contribution in [-0.4, -0.2) is 17.8 Å². The molecule has 6 heteroatoms. The Morgan fingerprint density at radius 2 is 1.93 bits per heavy atom. The van der Waals surface area contributed by atoms with Gasteiger partial charge in [-0.05, 0) is 48.0 Å². The number of fused-ring (bicyclic) bond motifs is 3. The molecule has 29 heavy (non-hydrogen) atoms. The maximum Gasteiger partial charge on any atom is 0.214 e. The van der Waals surface area contributed by atoms with Crippen molar-refractivity contribution < 1.29 is 13.9 Å². The predicted octanol–water partition coefficient (Wildman–Crippen LogP) is 5.73. The number of rotatable bonds is 3. The summed E-state index contributed by atoms with van der Waals surface area (Å²) in [5.41, 5.74) is 3.73. The monoisotopic (exact) mass is 408 g/mol. The van der Waals surface area contributed by atoms with Crippen LogP contribution < -0.4 is 9.47 Å². The second kappa shape index (κ2) is 7.08. The predicted molar refractivity (Wildman–Crippen MR) is 110 cm³/mol. The van der Waals surface area contributed by atoms with E-state index in [1.165, 1.54) is 12.1 Å². The number of methoxy groups -OCH3 is 1. The average Bonchev–Trinajstić information content (AvgIpc) is 3.19. The van der Waals surface area contributed by atoms with E-state index < -0.39 is 6.23 Å². The molecule has 0 radical (unpaired) electrons. The maximum atomic E-state index is 13.4. The van der Waals surface area contributed by atoms with Gasteiger partial charge in [-0.3, -0.25) is 0 Å². The molecule has 0 saturated heterocycles. The van der Waals surface area contributed by atoms with Gasteiger partial charge in [-0.25, -0.2) is 9.40 Å². The van der Waals surface area contributed by atoms with Crippen LogP contribution in [0.25, 0.3) is 0 Å². The Morgan fingerprint density at radius 3 is 2.72 bits per heavy atom. The number of halogens is 2. The first-order valence-corrected chi connectivity index (χ1v) is 9.72. The number of hydrazone groups is 1. The van der Waals surface area contributed by atoms with E-state index in [0.29, 0.717) is 11.4 Å². The first-order chi connectivity index (χ1) is 14.1. The summed E-state index contributed by atoms with van der Waals surface area (Å²) in [6, 6.07) is 19.8. The number of nitrogens with zero attached hydrogens (tertiary/aromatic N) is 2. The molecule has 2 aliphatic rings. The molecule has 2 aliphatic heterocycles. The Kier molecular flexibility index (Phi) is 4.40. The van der Waals surface area contributed by atoms with E-state index in [-0.39, 0.29) is 11.9 Å². The van der Waals surface area contributed by atoms with Gasteiger partial charge in [0, 0.05) is 22.6 Å². The van der Waals surface area contributed by atoms with Crippen molar-refractivity contribution in [1.82, 2.24) is 5.01 Å². The summed E-state index contributed by atoms with van der Waals surface area (Å²) in [7, 11) is 1.64. The fourth-order valence-corrected chi connectivity index (χ4v) is 4.07. The molecular weight excluding hydrogens is 391 g/mol. The highest BCUT2D eigenvalue weighted by atomic mass is 35.5. The quantitative estimate of drug-likeness (QED) is 0.555. The third kappa shape index (κ3) is 3.21. The molecule has 0 aliphatic carbocycles. The Morgan fingerprint density at radius 1 is 1.10 bits per heavy atom. The molecule has 0 N–H and O–H groups in total. The highest BCUT2D eigenvalue weighted by Crippen LogP contribution is 2.48. The molecular formula is C23H18ClFN2O2. The van der Waals surface area contributed by atoms with Crippen LogP contribution >= 0.6 is 11.6 Å². The van der Waals surface area contributed by atoms with E-state index in [2.05, 4.69) is 0 Å². The van der Waals surface area contributed by atoms with Crippen LogP contribution in [0.15, 0.2) is 71.8 Å². The third-order valence-corrected chi connectivity index (χ3v) is 5.54. The molecule has 0 amide bonds. The van der Waals surface area contributed by atoms with Gasteiger partial charge in [0.25, 0.3) is 0 Å². The maximum absolute atomic E-state index is 13.4. The smallest absolute Gasteiger partial charge is 0.214 e. The number of hydrogen-bond acceptors (Lipinski definition) is 4. The third-order valence-electron chi connectivity index (χ3n) is 5.31. The van der Waals surface area contributed by atoms with Crippen molar-refractivity contribution in [2.75, 3.05) is 7.11 Å². The van der Waals surface area contributed by atoms with Gasteiger partial charge in [0.15, 0.2) is 0 Å². The zero-order chi connectivity index (χ0) is 20.0. The normalized spacial score (nSPS) is 19.8. The minimum absolute atomic E-state index is 0.0197. The first kappa shape index (κ1) is 18.0. The van der Waals surface area contributed by atoms with Crippen molar-refractivity contribution in [1.29, 1.82) is 0 Å². The van der Waals surface area contributed by atoms with E-state index in [1.54, 1.807) is 19.2 Å². The molecule has 2 heterocycles. The lowest BCUT2D eigenvalue weighted by molar-refractivity contribution is -0.0191. The minimum Gasteiger partial charge on any atom is -0.497 e. The summed E-state index contributed by atoms with van der Waals surface area (Å²) in [6.07, 6.45) is 0.282. The van der Waals surface area contributed by atoms with Crippen LogP contribution in [0, 0.1) is 5.82 Å². The summed E-state index contributed by atoms with van der Waals surface area (Å²) in [6.45, 7) is 0. The van der Waals surface area contributed by atoms with Crippen molar-refractivity contribution in [2.24, 2.45) is 5.10 Å². The highest BCUT2D eigenvalue weighted by Gasteiger charge is 2.41. The zero-order valence-electron chi connectivity index (χ0n) is 15.7. The second-order valence-electron chi connectivity index (χ2n) is 7.08. The van der Waals surface area contributed by atoms with Gasteiger partial charge in [-0.15, -0.1) is 0 Å². The van der Waals surface area contributed by atoms with Gasteiger partial charge in [0.1, 0.15) is 17.3 Å². The van der Waals surface area contributed by atoms with E-state index in [9.17, 15) is 4.39 Å². The molecule has 146 valence electrons. The van der Waals surface area contributed by atoms with E-state index >= 15 is 0 Å².